The molecule has 2 aliphatic rings. The Morgan fingerprint density at radius 1 is 1.00 bits per heavy atom. The fourth-order valence-corrected chi connectivity index (χ4v) is 4.93. The van der Waals surface area contributed by atoms with Gasteiger partial charge in [-0.05, 0) is 60.0 Å². The van der Waals surface area contributed by atoms with Crippen LogP contribution < -0.4 is 23.7 Å². The number of aryl methyl sites for hydroxylation is 1. The smallest absolute Gasteiger partial charge is 0.232 e. The van der Waals surface area contributed by atoms with Crippen LogP contribution in [-0.4, -0.2) is 38.7 Å². The van der Waals surface area contributed by atoms with Crippen LogP contribution in [-0.2, 0) is 13.1 Å². The molecule has 0 amide bonds. The lowest BCUT2D eigenvalue weighted by Gasteiger charge is -2.30. The standard InChI is InChI=1S/C28H25Cl2NO6/c1-15-7-21-18(13-31(14-36-21)12-16-5-6-19(29)20(30)8-16)27-25(15)26(32)22(37-27)9-17-10-23(33-2)28(35-4)24(11-17)34-3/h5-11H,12-14H2,1-4H3/b22-9-. The zero-order valence-corrected chi connectivity index (χ0v) is 22.3. The molecule has 0 N–H and O–H groups in total. The molecule has 192 valence electrons. The summed E-state index contributed by atoms with van der Waals surface area (Å²) in [5.74, 6) is 2.69. The second-order valence-electron chi connectivity index (χ2n) is 8.78. The average molecular weight is 542 g/mol. The van der Waals surface area contributed by atoms with Gasteiger partial charge < -0.3 is 23.7 Å². The molecule has 0 aromatic heterocycles. The van der Waals surface area contributed by atoms with Crippen LogP contribution in [0.3, 0.4) is 0 Å². The van der Waals surface area contributed by atoms with E-state index >= 15 is 0 Å². The molecule has 2 aliphatic heterocycles. The molecule has 0 fully saturated rings. The Balaban J connectivity index is 1.47. The number of hydrogen-bond acceptors (Lipinski definition) is 7. The van der Waals surface area contributed by atoms with Gasteiger partial charge in [0.15, 0.2) is 17.3 Å². The van der Waals surface area contributed by atoms with Crippen molar-refractivity contribution in [3.63, 3.8) is 0 Å². The van der Waals surface area contributed by atoms with E-state index in [2.05, 4.69) is 4.90 Å². The van der Waals surface area contributed by atoms with E-state index in [0.717, 1.165) is 16.7 Å². The lowest BCUT2D eigenvalue weighted by molar-refractivity contribution is 0.0872. The lowest BCUT2D eigenvalue weighted by Crippen LogP contribution is -2.31. The first-order valence-corrected chi connectivity index (χ1v) is 12.3. The zero-order valence-electron chi connectivity index (χ0n) is 20.8. The van der Waals surface area contributed by atoms with Gasteiger partial charge in [0.2, 0.25) is 11.5 Å². The minimum Gasteiger partial charge on any atom is -0.493 e. The highest BCUT2D eigenvalue weighted by Crippen LogP contribution is 2.45. The van der Waals surface area contributed by atoms with Gasteiger partial charge in [-0.15, -0.1) is 0 Å². The van der Waals surface area contributed by atoms with Crippen molar-refractivity contribution in [3.05, 3.63) is 80.0 Å². The molecule has 3 aromatic rings. The number of allylic oxidation sites excluding steroid dienone is 1. The van der Waals surface area contributed by atoms with E-state index in [0.29, 0.717) is 69.7 Å². The molecule has 37 heavy (non-hydrogen) atoms. The molecular weight excluding hydrogens is 517 g/mol. The highest BCUT2D eigenvalue weighted by molar-refractivity contribution is 6.42. The lowest BCUT2D eigenvalue weighted by atomic mass is 9.98. The Hall–Kier alpha value is -3.39. The molecule has 9 heteroatoms. The monoisotopic (exact) mass is 541 g/mol. The minimum atomic E-state index is -0.189. The Morgan fingerprint density at radius 3 is 2.38 bits per heavy atom. The Kier molecular flexibility index (Phi) is 6.94. The maximum atomic E-state index is 13.4. The number of nitrogens with zero attached hydrogens (tertiary/aromatic N) is 1. The van der Waals surface area contributed by atoms with Crippen LogP contribution in [0, 0.1) is 6.92 Å². The predicted octanol–water partition coefficient (Wildman–Crippen LogP) is 6.30. The summed E-state index contributed by atoms with van der Waals surface area (Å²) in [7, 11) is 4.62. The van der Waals surface area contributed by atoms with Crippen molar-refractivity contribution >= 4 is 35.1 Å². The number of carbonyl (C=O) groups is 1. The van der Waals surface area contributed by atoms with Crippen LogP contribution in [0.15, 0.2) is 42.2 Å². The SMILES string of the molecule is COc1cc(/C=C2\Oc3c4c(cc(C)c3C2=O)OCN(Cc2ccc(Cl)c(Cl)c2)C4)cc(OC)c1OC. The van der Waals surface area contributed by atoms with Crippen LogP contribution in [0.25, 0.3) is 6.08 Å². The molecule has 2 heterocycles. The third kappa shape index (κ3) is 4.70. The van der Waals surface area contributed by atoms with Gasteiger partial charge in [-0.2, -0.15) is 0 Å². The summed E-state index contributed by atoms with van der Waals surface area (Å²) in [5.41, 5.74) is 3.84. The summed E-state index contributed by atoms with van der Waals surface area (Å²) in [6.45, 7) is 3.42. The number of ketones is 1. The first kappa shape index (κ1) is 25.3. The number of rotatable bonds is 6. The van der Waals surface area contributed by atoms with Crippen LogP contribution in [0.5, 0.6) is 28.7 Å². The number of halogens is 2. The summed E-state index contributed by atoms with van der Waals surface area (Å²) < 4.78 is 28.5. The van der Waals surface area contributed by atoms with Crippen molar-refractivity contribution < 1.29 is 28.5 Å². The van der Waals surface area contributed by atoms with Crippen LogP contribution >= 0.6 is 23.2 Å². The normalized spacial score (nSPS) is 15.6. The highest BCUT2D eigenvalue weighted by Gasteiger charge is 2.35. The molecule has 0 radical (unpaired) electrons. The number of fused-ring (bicyclic) bond motifs is 3. The summed E-state index contributed by atoms with van der Waals surface area (Å²) in [6, 6.07) is 11.0. The summed E-state index contributed by atoms with van der Waals surface area (Å²) in [5, 5.41) is 1.02. The van der Waals surface area contributed by atoms with Crippen molar-refractivity contribution in [1.82, 2.24) is 4.90 Å². The molecular formula is C28H25Cl2NO6. The molecule has 0 saturated heterocycles. The molecule has 0 spiro atoms. The van der Waals surface area contributed by atoms with E-state index < -0.39 is 0 Å². The molecule has 0 unspecified atom stereocenters. The molecule has 0 bridgehead atoms. The topological polar surface area (TPSA) is 66.5 Å². The number of hydrogen-bond donors (Lipinski definition) is 0. The fourth-order valence-electron chi connectivity index (χ4n) is 4.61. The van der Waals surface area contributed by atoms with Crippen LogP contribution in [0.2, 0.25) is 10.0 Å². The first-order chi connectivity index (χ1) is 17.8. The second-order valence-corrected chi connectivity index (χ2v) is 9.60. The molecule has 0 atom stereocenters. The van der Waals surface area contributed by atoms with Gasteiger partial charge in [0.25, 0.3) is 0 Å². The second kappa shape index (κ2) is 10.2. The fraction of sp³-hybridized carbons (Fsp3) is 0.250. The summed E-state index contributed by atoms with van der Waals surface area (Å²) >= 11 is 12.3. The van der Waals surface area contributed by atoms with E-state index in [9.17, 15) is 4.79 Å². The zero-order chi connectivity index (χ0) is 26.3. The summed E-state index contributed by atoms with van der Waals surface area (Å²) in [4.78, 5) is 15.5. The highest BCUT2D eigenvalue weighted by atomic mass is 35.5. The van der Waals surface area contributed by atoms with Crippen LogP contribution in [0.1, 0.15) is 32.6 Å². The van der Waals surface area contributed by atoms with Crippen molar-refractivity contribution in [2.24, 2.45) is 0 Å². The van der Waals surface area contributed by atoms with Gasteiger partial charge in [0.05, 0.1) is 42.5 Å². The van der Waals surface area contributed by atoms with E-state index in [4.69, 9.17) is 46.9 Å². The number of carbonyl (C=O) groups excluding carboxylic acids is 1. The van der Waals surface area contributed by atoms with E-state index in [1.54, 1.807) is 38.5 Å². The maximum Gasteiger partial charge on any atom is 0.232 e. The van der Waals surface area contributed by atoms with Crippen molar-refractivity contribution in [2.75, 3.05) is 28.1 Å². The molecule has 3 aromatic carbocycles. The maximum absolute atomic E-state index is 13.4. The molecule has 7 nitrogen and oxygen atoms in total. The van der Waals surface area contributed by atoms with Crippen molar-refractivity contribution in [2.45, 2.75) is 20.0 Å². The Bertz CT molecular complexity index is 1410. The number of Topliss-reactive ketones (excluding diaryl/α,β-unsaturated/α-hetero) is 1. The largest absolute Gasteiger partial charge is 0.493 e. The minimum absolute atomic E-state index is 0.189. The van der Waals surface area contributed by atoms with Gasteiger partial charge >= 0.3 is 0 Å². The van der Waals surface area contributed by atoms with Gasteiger partial charge in [-0.1, -0.05) is 29.3 Å². The predicted molar refractivity (Wildman–Crippen MR) is 141 cm³/mol. The van der Waals surface area contributed by atoms with E-state index in [-0.39, 0.29) is 11.5 Å². The van der Waals surface area contributed by atoms with Crippen LogP contribution in [0.4, 0.5) is 0 Å². The Labute approximate surface area is 225 Å². The summed E-state index contributed by atoms with van der Waals surface area (Å²) in [6.07, 6.45) is 1.68. The number of benzene rings is 3. The van der Waals surface area contributed by atoms with E-state index in [1.165, 1.54) is 7.11 Å². The number of methoxy groups -OCH3 is 3. The van der Waals surface area contributed by atoms with Gasteiger partial charge in [0.1, 0.15) is 18.2 Å². The molecule has 5 rings (SSSR count). The quantitative estimate of drug-likeness (QED) is 0.339. The Morgan fingerprint density at radius 2 is 1.73 bits per heavy atom. The molecule has 0 aliphatic carbocycles. The van der Waals surface area contributed by atoms with Crippen molar-refractivity contribution in [1.29, 1.82) is 0 Å². The van der Waals surface area contributed by atoms with Crippen molar-refractivity contribution in [3.8, 4) is 28.7 Å². The van der Waals surface area contributed by atoms with Gasteiger partial charge in [0, 0.05) is 13.1 Å². The van der Waals surface area contributed by atoms with E-state index in [1.807, 2.05) is 25.1 Å². The first-order valence-electron chi connectivity index (χ1n) is 11.5. The average Bonchev–Trinajstić information content (AvgIpc) is 3.22. The van der Waals surface area contributed by atoms with Gasteiger partial charge in [-0.25, -0.2) is 0 Å². The number of ether oxygens (including phenoxy) is 5. The molecule has 0 saturated carbocycles. The third-order valence-corrected chi connectivity index (χ3v) is 7.10. The third-order valence-electron chi connectivity index (χ3n) is 6.36. The van der Waals surface area contributed by atoms with Gasteiger partial charge in [-0.3, -0.25) is 9.69 Å².